The van der Waals surface area contributed by atoms with E-state index in [2.05, 4.69) is 20.8 Å². The van der Waals surface area contributed by atoms with E-state index in [0.717, 1.165) is 27.9 Å². The molecule has 0 saturated heterocycles. The average Bonchev–Trinajstić information content (AvgIpc) is 3.60. The van der Waals surface area contributed by atoms with Gasteiger partial charge in [0.15, 0.2) is 0 Å². The average molecular weight is 658 g/mol. The van der Waals surface area contributed by atoms with E-state index in [-0.39, 0.29) is 24.1 Å². The van der Waals surface area contributed by atoms with Gasteiger partial charge in [-0.15, -0.1) is 0 Å². The highest BCUT2D eigenvalue weighted by molar-refractivity contribution is 6.38. The second-order valence-electron chi connectivity index (χ2n) is 10.3. The van der Waals surface area contributed by atoms with Gasteiger partial charge in [0.1, 0.15) is 17.9 Å². The van der Waals surface area contributed by atoms with Crippen molar-refractivity contribution in [2.45, 2.75) is 13.5 Å². The number of fused-ring (bicyclic) bond motifs is 1. The predicted octanol–water partition coefficient (Wildman–Crippen LogP) is 5.97. The van der Waals surface area contributed by atoms with E-state index in [1.165, 1.54) is 11.0 Å². The number of nitrogens with zero attached hydrogens (tertiary/aromatic N) is 3. The monoisotopic (exact) mass is 656 g/mol. The molecule has 12 heteroatoms. The number of para-hydroxylation sites is 1. The minimum atomic E-state index is -0.456. The zero-order chi connectivity index (χ0) is 32.8. The van der Waals surface area contributed by atoms with E-state index in [0.29, 0.717) is 33.1 Å². The number of carbonyl (C=O) groups excluding carboxylic acids is 3. The summed E-state index contributed by atoms with van der Waals surface area (Å²) in [6, 6.07) is 19.6. The van der Waals surface area contributed by atoms with Gasteiger partial charge in [-0.1, -0.05) is 47.5 Å². The topological polar surface area (TPSA) is 129 Å². The Bertz CT molecular complexity index is 1940. The first-order valence-corrected chi connectivity index (χ1v) is 15.0. The highest BCUT2D eigenvalue weighted by Crippen LogP contribution is 2.36. The van der Waals surface area contributed by atoms with Crippen molar-refractivity contribution in [3.8, 4) is 17.0 Å². The molecule has 3 N–H and O–H groups in total. The third kappa shape index (κ3) is 7.20. The highest BCUT2D eigenvalue weighted by atomic mass is 35.5. The molecule has 46 heavy (non-hydrogen) atoms. The third-order valence-corrected chi connectivity index (χ3v) is 8.01. The molecule has 0 unspecified atom stereocenters. The number of aromatic nitrogens is 3. The zero-order valence-electron chi connectivity index (χ0n) is 25.2. The predicted molar refractivity (Wildman–Crippen MR) is 180 cm³/mol. The summed E-state index contributed by atoms with van der Waals surface area (Å²) < 4.78 is 6.21. The summed E-state index contributed by atoms with van der Waals surface area (Å²) in [6.07, 6.45) is 4.60. The molecule has 0 saturated carbocycles. The van der Waals surface area contributed by atoms with Gasteiger partial charge in [-0.25, -0.2) is 4.98 Å². The fourth-order valence-corrected chi connectivity index (χ4v) is 5.36. The van der Waals surface area contributed by atoms with Crippen LogP contribution in [0.25, 0.3) is 28.2 Å². The summed E-state index contributed by atoms with van der Waals surface area (Å²) in [7, 11) is 3.12. The van der Waals surface area contributed by atoms with Crippen LogP contribution in [0.15, 0.2) is 79.0 Å². The van der Waals surface area contributed by atoms with Crippen LogP contribution in [0, 0.1) is 6.92 Å². The van der Waals surface area contributed by atoms with Crippen molar-refractivity contribution in [3.05, 3.63) is 111 Å². The van der Waals surface area contributed by atoms with Gasteiger partial charge in [0.05, 0.1) is 22.9 Å². The molecule has 0 aliphatic carbocycles. The Labute approximate surface area is 275 Å². The van der Waals surface area contributed by atoms with E-state index in [4.69, 9.17) is 32.9 Å². The molecule has 0 fully saturated rings. The molecule has 0 aliphatic heterocycles. The highest BCUT2D eigenvalue weighted by Gasteiger charge is 2.20. The number of anilines is 1. The lowest BCUT2D eigenvalue weighted by Crippen LogP contribution is -2.37. The van der Waals surface area contributed by atoms with Crippen molar-refractivity contribution in [1.82, 2.24) is 25.8 Å². The Hall–Kier alpha value is -5.19. The molecule has 0 aliphatic rings. The molecule has 234 valence electrons. The second-order valence-corrected chi connectivity index (χ2v) is 11.1. The van der Waals surface area contributed by atoms with Crippen LogP contribution < -0.4 is 20.3 Å². The molecule has 3 amide bonds. The molecule has 3 aromatic carbocycles. The van der Waals surface area contributed by atoms with Crippen LogP contribution in [-0.4, -0.2) is 53.5 Å². The fourth-order valence-electron chi connectivity index (χ4n) is 4.76. The fraction of sp³-hybridized carbons (Fsp3) is 0.147. The van der Waals surface area contributed by atoms with Crippen LogP contribution in [0.4, 0.5) is 5.69 Å². The van der Waals surface area contributed by atoms with Gasteiger partial charge in [0.2, 0.25) is 11.8 Å². The van der Waals surface area contributed by atoms with Crippen molar-refractivity contribution >= 4 is 63.6 Å². The number of rotatable bonds is 10. The first kappa shape index (κ1) is 32.2. The summed E-state index contributed by atoms with van der Waals surface area (Å²) >= 11 is 13.3. The van der Waals surface area contributed by atoms with Crippen LogP contribution in [0.2, 0.25) is 10.0 Å². The van der Waals surface area contributed by atoms with E-state index in [1.807, 2.05) is 37.3 Å². The maximum Gasteiger partial charge on any atom is 0.251 e. The molecule has 0 radical (unpaired) electrons. The molecule has 2 heterocycles. The van der Waals surface area contributed by atoms with Crippen LogP contribution in [0.3, 0.4) is 0 Å². The Morgan fingerprint density at radius 1 is 1.04 bits per heavy atom. The number of nitrogens with one attached hydrogen (secondary N) is 3. The number of aromatic amines is 1. The number of likely N-dealkylation sites (N-methyl/N-ethyl adjacent to an activating group) is 1. The maximum absolute atomic E-state index is 13.0. The molecular formula is C34H30Cl2N6O4. The lowest BCUT2D eigenvalue weighted by atomic mass is 10.0. The number of amides is 3. The summed E-state index contributed by atoms with van der Waals surface area (Å²) in [5.74, 6) is -0.508. The number of ether oxygens (including phenoxy) is 1. The van der Waals surface area contributed by atoms with Gasteiger partial charge in [-0.05, 0) is 61.0 Å². The summed E-state index contributed by atoms with van der Waals surface area (Å²) in [5, 5.41) is 13.7. The number of hydrogen-bond acceptors (Lipinski definition) is 6. The number of benzene rings is 3. The number of aryl methyl sites for hydroxylation is 1. The van der Waals surface area contributed by atoms with Gasteiger partial charge in [-0.2, -0.15) is 5.10 Å². The van der Waals surface area contributed by atoms with E-state index < -0.39 is 11.8 Å². The minimum absolute atomic E-state index is 0.0211. The van der Waals surface area contributed by atoms with Crippen molar-refractivity contribution in [2.75, 3.05) is 25.5 Å². The van der Waals surface area contributed by atoms with Crippen LogP contribution in [-0.2, 0) is 16.2 Å². The number of pyridine rings is 1. The van der Waals surface area contributed by atoms with Crippen LogP contribution in [0.5, 0.6) is 5.75 Å². The molecular weight excluding hydrogens is 627 g/mol. The van der Waals surface area contributed by atoms with Gasteiger partial charge in [-0.3, -0.25) is 19.5 Å². The second kappa shape index (κ2) is 14.3. The minimum Gasteiger partial charge on any atom is -0.487 e. The lowest BCUT2D eigenvalue weighted by Gasteiger charge is -2.21. The molecule has 0 atom stereocenters. The zero-order valence-corrected chi connectivity index (χ0v) is 26.7. The van der Waals surface area contributed by atoms with Gasteiger partial charge in [0.25, 0.3) is 5.91 Å². The Balaban J connectivity index is 1.25. The molecule has 10 nitrogen and oxygen atoms in total. The molecule has 0 bridgehead atoms. The SMILES string of the molecule is CNC(=O)c1ccc(C=CC(=O)NCC(=O)N(C)c2ccc(Cl)c(COc3cccc4c(-c5ccn[nH]5)cc(C)nc34)c2Cl)cc1. The maximum atomic E-state index is 13.0. The van der Waals surface area contributed by atoms with Crippen LogP contribution in [0.1, 0.15) is 27.2 Å². The Morgan fingerprint density at radius 2 is 1.83 bits per heavy atom. The third-order valence-electron chi connectivity index (χ3n) is 7.24. The number of halogens is 2. The molecule has 0 spiro atoms. The Morgan fingerprint density at radius 3 is 2.54 bits per heavy atom. The number of carbonyl (C=O) groups is 3. The van der Waals surface area contributed by atoms with Crippen LogP contribution >= 0.6 is 23.2 Å². The van der Waals surface area contributed by atoms with Crippen molar-refractivity contribution in [3.63, 3.8) is 0 Å². The first-order valence-electron chi connectivity index (χ1n) is 14.2. The summed E-state index contributed by atoms with van der Waals surface area (Å²) in [4.78, 5) is 43.1. The largest absolute Gasteiger partial charge is 0.487 e. The normalized spacial score (nSPS) is 11.1. The number of hydrogen-bond donors (Lipinski definition) is 3. The van der Waals surface area contributed by atoms with E-state index in [1.54, 1.807) is 62.8 Å². The van der Waals surface area contributed by atoms with E-state index in [9.17, 15) is 14.4 Å². The van der Waals surface area contributed by atoms with E-state index >= 15 is 0 Å². The van der Waals surface area contributed by atoms with Gasteiger partial charge >= 0.3 is 0 Å². The number of H-pyrrole nitrogens is 1. The quantitative estimate of drug-likeness (QED) is 0.159. The Kier molecular flexibility index (Phi) is 10.00. The van der Waals surface area contributed by atoms with Gasteiger partial charge < -0.3 is 20.3 Å². The van der Waals surface area contributed by atoms with Crippen molar-refractivity contribution < 1.29 is 19.1 Å². The lowest BCUT2D eigenvalue weighted by molar-refractivity contribution is -0.122. The summed E-state index contributed by atoms with van der Waals surface area (Å²) in [5.41, 5.74) is 5.43. The molecule has 5 aromatic rings. The van der Waals surface area contributed by atoms with Crippen molar-refractivity contribution in [1.29, 1.82) is 0 Å². The van der Waals surface area contributed by atoms with Crippen molar-refractivity contribution in [2.24, 2.45) is 0 Å². The molecule has 2 aromatic heterocycles. The smallest absolute Gasteiger partial charge is 0.251 e. The first-order chi connectivity index (χ1) is 22.2. The summed E-state index contributed by atoms with van der Waals surface area (Å²) in [6.45, 7) is 1.67. The van der Waals surface area contributed by atoms with Gasteiger partial charge in [0, 0.05) is 59.2 Å². The standard InChI is InChI=1S/C34H30Cl2N6O4/c1-20-17-24(27-15-16-39-41-27)23-5-4-6-29(33(23)40-20)46-19-25-26(35)12-13-28(32(25)36)42(3)31(44)18-38-30(43)14-9-21-7-10-22(11-8-21)34(45)37-2/h4-17H,18-19H2,1-3H3,(H,37,45)(H,38,43)(H,39,41). The molecule has 5 rings (SSSR count).